The molecule has 0 radical (unpaired) electrons. The minimum absolute atomic E-state index is 0.0225. The van der Waals surface area contributed by atoms with Gasteiger partial charge in [-0.05, 0) is 18.4 Å². The molecule has 25 heavy (non-hydrogen) atoms. The molecule has 1 aromatic heterocycles. The average Bonchev–Trinajstić information content (AvgIpc) is 2.67. The lowest BCUT2D eigenvalue weighted by molar-refractivity contribution is -0.127. The van der Waals surface area contributed by atoms with Gasteiger partial charge in [0.2, 0.25) is 11.2 Å². The summed E-state index contributed by atoms with van der Waals surface area (Å²) < 4.78 is 11.1. The Morgan fingerprint density at radius 3 is 2.56 bits per heavy atom. The molecule has 3 rings (SSSR count). The van der Waals surface area contributed by atoms with Crippen molar-refractivity contribution in [3.05, 3.63) is 64.2 Å². The van der Waals surface area contributed by atoms with E-state index in [-0.39, 0.29) is 23.5 Å². The molecule has 1 atom stereocenters. The van der Waals surface area contributed by atoms with Gasteiger partial charge < -0.3 is 19.1 Å². The van der Waals surface area contributed by atoms with E-state index < -0.39 is 11.5 Å². The molecule has 1 aliphatic carbocycles. The molecule has 2 aromatic rings. The van der Waals surface area contributed by atoms with E-state index in [2.05, 4.69) is 0 Å². The van der Waals surface area contributed by atoms with Crippen molar-refractivity contribution in [3.8, 4) is 5.75 Å². The first kappa shape index (κ1) is 17.4. The fourth-order valence-corrected chi connectivity index (χ4v) is 3.41. The Morgan fingerprint density at radius 2 is 1.88 bits per heavy atom. The summed E-state index contributed by atoms with van der Waals surface area (Å²) in [6.45, 7) is 0.184. The summed E-state index contributed by atoms with van der Waals surface area (Å²) >= 11 is 0. The lowest BCUT2D eigenvalue weighted by Crippen LogP contribution is -2.34. The molecule has 5 nitrogen and oxygen atoms in total. The van der Waals surface area contributed by atoms with E-state index in [1.165, 1.54) is 12.3 Å². The number of rotatable bonds is 6. The van der Waals surface area contributed by atoms with E-state index in [9.17, 15) is 14.7 Å². The summed E-state index contributed by atoms with van der Waals surface area (Å²) in [5.74, 6) is 0.0167. The van der Waals surface area contributed by atoms with Crippen LogP contribution in [-0.4, -0.2) is 11.4 Å². The van der Waals surface area contributed by atoms with Gasteiger partial charge in [-0.25, -0.2) is 0 Å². The third-order valence-electron chi connectivity index (χ3n) is 4.90. The van der Waals surface area contributed by atoms with Gasteiger partial charge in [0.25, 0.3) is 0 Å². The van der Waals surface area contributed by atoms with Crippen LogP contribution < -0.4 is 10.2 Å². The van der Waals surface area contributed by atoms with Crippen LogP contribution in [0.1, 0.15) is 49.5 Å². The Balaban J connectivity index is 1.89. The first-order chi connectivity index (χ1) is 12.2. The van der Waals surface area contributed by atoms with E-state index in [1.807, 2.05) is 30.3 Å². The molecule has 0 aliphatic heterocycles. The molecule has 1 aliphatic rings. The molecule has 1 heterocycles. The van der Waals surface area contributed by atoms with Crippen molar-refractivity contribution in [2.24, 2.45) is 5.41 Å². The van der Waals surface area contributed by atoms with Crippen LogP contribution in [-0.2, 0) is 11.4 Å². The van der Waals surface area contributed by atoms with Crippen molar-refractivity contribution in [1.29, 1.82) is 0 Å². The molecule has 1 saturated carbocycles. The highest BCUT2D eigenvalue weighted by atomic mass is 16.5. The largest absolute Gasteiger partial charge is 0.482 e. The molecule has 1 fully saturated rings. The number of benzene rings is 1. The second-order valence-electron chi connectivity index (χ2n) is 6.57. The van der Waals surface area contributed by atoms with Gasteiger partial charge in [0.1, 0.15) is 19.0 Å². The molecule has 132 valence electrons. The van der Waals surface area contributed by atoms with Crippen molar-refractivity contribution in [2.75, 3.05) is 0 Å². The molecule has 1 aromatic carbocycles. The summed E-state index contributed by atoms with van der Waals surface area (Å²) in [6.07, 6.45) is 4.79. The fourth-order valence-electron chi connectivity index (χ4n) is 3.41. The number of hydrogen-bond donors (Lipinski definition) is 1. The number of aldehydes is 1. The molecular formula is C20H22O5. The fraction of sp³-hybridized carbons (Fsp3) is 0.400. The minimum Gasteiger partial charge on any atom is -0.482 e. The van der Waals surface area contributed by atoms with E-state index in [4.69, 9.17) is 9.15 Å². The van der Waals surface area contributed by atoms with Gasteiger partial charge in [0.15, 0.2) is 5.76 Å². The molecule has 5 heteroatoms. The zero-order valence-corrected chi connectivity index (χ0v) is 14.0. The molecule has 0 spiro atoms. The van der Waals surface area contributed by atoms with E-state index >= 15 is 0 Å². The monoisotopic (exact) mass is 342 g/mol. The Bertz CT molecular complexity index is 759. The van der Waals surface area contributed by atoms with Gasteiger partial charge in [0, 0.05) is 6.07 Å². The Labute approximate surface area is 146 Å². The summed E-state index contributed by atoms with van der Waals surface area (Å²) in [7, 11) is 0. The molecule has 0 amide bonds. The SMILES string of the molecule is O=CC1(C(O)c2occc(=O)c2OCc2ccccc2)CCCCC1. The van der Waals surface area contributed by atoms with Gasteiger partial charge in [-0.3, -0.25) is 4.79 Å². The third kappa shape index (κ3) is 3.66. The van der Waals surface area contributed by atoms with E-state index in [0.717, 1.165) is 31.1 Å². The highest BCUT2D eigenvalue weighted by Gasteiger charge is 2.42. The lowest BCUT2D eigenvalue weighted by Gasteiger charge is -2.35. The van der Waals surface area contributed by atoms with Crippen molar-refractivity contribution >= 4 is 6.29 Å². The minimum atomic E-state index is -1.19. The van der Waals surface area contributed by atoms with Gasteiger partial charge >= 0.3 is 0 Å². The predicted octanol–water partition coefficient (Wildman–Crippen LogP) is 3.40. The van der Waals surface area contributed by atoms with Crippen LogP contribution in [0.3, 0.4) is 0 Å². The molecule has 0 saturated heterocycles. The Morgan fingerprint density at radius 1 is 1.16 bits per heavy atom. The van der Waals surface area contributed by atoms with E-state index in [0.29, 0.717) is 12.8 Å². The molecular weight excluding hydrogens is 320 g/mol. The zero-order valence-electron chi connectivity index (χ0n) is 14.0. The third-order valence-corrected chi connectivity index (χ3v) is 4.90. The predicted molar refractivity (Wildman–Crippen MR) is 92.3 cm³/mol. The second-order valence-corrected chi connectivity index (χ2v) is 6.57. The highest BCUT2D eigenvalue weighted by Crippen LogP contribution is 2.45. The van der Waals surface area contributed by atoms with Crippen LogP contribution in [0.25, 0.3) is 0 Å². The first-order valence-electron chi connectivity index (χ1n) is 8.59. The summed E-state index contributed by atoms with van der Waals surface area (Å²) in [6, 6.07) is 10.7. The zero-order chi connectivity index (χ0) is 17.7. The van der Waals surface area contributed by atoms with Crippen molar-refractivity contribution in [1.82, 2.24) is 0 Å². The maximum Gasteiger partial charge on any atom is 0.227 e. The van der Waals surface area contributed by atoms with E-state index in [1.54, 1.807) is 0 Å². The number of aliphatic hydroxyl groups excluding tert-OH is 1. The van der Waals surface area contributed by atoms with Crippen LogP contribution >= 0.6 is 0 Å². The standard InChI is InChI=1S/C20H22O5/c21-14-20(10-5-2-6-11-20)19(23)18-17(16(22)9-12-24-18)25-13-15-7-3-1-4-8-15/h1,3-4,7-9,12,14,19,23H,2,5-6,10-11,13H2. The maximum atomic E-state index is 12.3. The number of hydrogen-bond acceptors (Lipinski definition) is 5. The van der Waals surface area contributed by atoms with Crippen molar-refractivity contribution in [3.63, 3.8) is 0 Å². The number of carbonyl (C=O) groups excluding carboxylic acids is 1. The van der Waals surface area contributed by atoms with Crippen LogP contribution in [0.5, 0.6) is 5.75 Å². The Kier molecular flexibility index (Phi) is 5.34. The summed E-state index contributed by atoms with van der Waals surface area (Å²) in [4.78, 5) is 24.0. The second kappa shape index (κ2) is 7.66. The Hall–Kier alpha value is -2.40. The van der Waals surface area contributed by atoms with Gasteiger partial charge in [-0.2, -0.15) is 0 Å². The van der Waals surface area contributed by atoms with Gasteiger partial charge in [0.05, 0.1) is 11.7 Å². The van der Waals surface area contributed by atoms with Gasteiger partial charge in [-0.15, -0.1) is 0 Å². The number of aliphatic hydroxyl groups is 1. The van der Waals surface area contributed by atoms with Crippen molar-refractivity contribution < 1.29 is 19.1 Å². The van der Waals surface area contributed by atoms with Crippen molar-refractivity contribution in [2.45, 2.75) is 44.8 Å². The maximum absolute atomic E-state index is 12.3. The first-order valence-corrected chi connectivity index (χ1v) is 8.59. The smallest absolute Gasteiger partial charge is 0.227 e. The van der Waals surface area contributed by atoms with Gasteiger partial charge in [-0.1, -0.05) is 49.6 Å². The van der Waals surface area contributed by atoms with Crippen LogP contribution in [0.2, 0.25) is 0 Å². The normalized spacial score (nSPS) is 17.6. The summed E-state index contributed by atoms with van der Waals surface area (Å²) in [5, 5.41) is 10.9. The lowest BCUT2D eigenvalue weighted by atomic mass is 9.70. The highest BCUT2D eigenvalue weighted by molar-refractivity contribution is 5.61. The van der Waals surface area contributed by atoms with Crippen LogP contribution in [0, 0.1) is 5.41 Å². The molecule has 1 N–H and O–H groups in total. The quantitative estimate of drug-likeness (QED) is 0.814. The number of ether oxygens (including phenoxy) is 1. The number of carbonyl (C=O) groups is 1. The topological polar surface area (TPSA) is 76.7 Å². The van der Waals surface area contributed by atoms with Crippen LogP contribution in [0.4, 0.5) is 0 Å². The summed E-state index contributed by atoms with van der Waals surface area (Å²) in [5.41, 5.74) is -0.387. The average molecular weight is 342 g/mol. The molecule has 1 unspecified atom stereocenters. The molecule has 0 bridgehead atoms. The van der Waals surface area contributed by atoms with Crippen LogP contribution in [0.15, 0.2) is 51.9 Å².